The SMILES string of the molecule is COC(=O)C1=C(N)N(c2cccc(F)c2)C2=C(C(=O)[C@H](C(=O)OC)[C@H](c3ccc(OC)cc3)C2)[C@H]1c1cccs1. The lowest BCUT2D eigenvalue weighted by Crippen LogP contribution is -2.46. The van der Waals surface area contributed by atoms with E-state index in [9.17, 15) is 18.8 Å². The predicted molar refractivity (Wildman–Crippen MR) is 147 cm³/mol. The molecule has 1 aliphatic carbocycles. The summed E-state index contributed by atoms with van der Waals surface area (Å²) in [5.41, 5.74) is 8.48. The Morgan fingerprint density at radius 2 is 1.77 bits per heavy atom. The van der Waals surface area contributed by atoms with Crippen molar-refractivity contribution in [3.63, 3.8) is 0 Å². The number of Topliss-reactive ketones (excluding diaryl/α,β-unsaturated/α-hetero) is 1. The molecule has 2 aliphatic rings. The summed E-state index contributed by atoms with van der Waals surface area (Å²) in [6, 6.07) is 16.4. The van der Waals surface area contributed by atoms with Crippen LogP contribution in [0.5, 0.6) is 5.75 Å². The Morgan fingerprint density at radius 3 is 2.38 bits per heavy atom. The molecule has 10 heteroatoms. The molecular weight excluding hydrogens is 535 g/mol. The zero-order chi connectivity index (χ0) is 28.6. The molecule has 206 valence electrons. The number of ether oxygens (including phenoxy) is 3. The summed E-state index contributed by atoms with van der Waals surface area (Å²) in [5.74, 6) is -4.51. The molecule has 0 bridgehead atoms. The molecule has 8 nitrogen and oxygen atoms in total. The number of carbonyl (C=O) groups is 3. The van der Waals surface area contributed by atoms with Gasteiger partial charge in [0, 0.05) is 22.1 Å². The lowest BCUT2D eigenvalue weighted by atomic mass is 9.68. The minimum atomic E-state index is -1.19. The third kappa shape index (κ3) is 4.54. The highest BCUT2D eigenvalue weighted by atomic mass is 32.1. The van der Waals surface area contributed by atoms with E-state index in [-0.39, 0.29) is 23.4 Å². The summed E-state index contributed by atoms with van der Waals surface area (Å²) in [7, 11) is 4.01. The van der Waals surface area contributed by atoms with Crippen LogP contribution in [0.3, 0.4) is 0 Å². The minimum Gasteiger partial charge on any atom is -0.497 e. The number of anilines is 1. The number of allylic oxidation sites excluding steroid dienone is 2. The van der Waals surface area contributed by atoms with E-state index in [1.54, 1.807) is 49.6 Å². The standard InChI is InChI=1S/C30H27FN2O6S/c1-37-19-11-9-16(10-12-19)20-15-21-24(27(34)23(20)29(35)38-2)25(22-8-5-13-40-22)26(30(36)39-3)28(32)33(21)18-7-4-6-17(31)14-18/h4-14,20,23,25H,15,32H2,1-3H3/t20-,23+,25+/m0/s1. The first-order valence-corrected chi connectivity index (χ1v) is 13.3. The van der Waals surface area contributed by atoms with Gasteiger partial charge in [-0.3, -0.25) is 14.5 Å². The molecule has 2 aromatic carbocycles. The lowest BCUT2D eigenvalue weighted by molar-refractivity contribution is -0.150. The Balaban J connectivity index is 1.79. The summed E-state index contributed by atoms with van der Waals surface area (Å²) in [4.78, 5) is 43.1. The fraction of sp³-hybridized carbons (Fsp3) is 0.233. The number of hydrogen-bond donors (Lipinski definition) is 1. The van der Waals surface area contributed by atoms with Crippen molar-refractivity contribution in [3.8, 4) is 5.75 Å². The highest BCUT2D eigenvalue weighted by Crippen LogP contribution is 2.52. The van der Waals surface area contributed by atoms with E-state index in [1.807, 2.05) is 5.38 Å². The number of hydrogen-bond acceptors (Lipinski definition) is 9. The zero-order valence-electron chi connectivity index (χ0n) is 22.1. The molecule has 1 aromatic heterocycles. The van der Waals surface area contributed by atoms with Gasteiger partial charge in [-0.15, -0.1) is 11.3 Å². The molecule has 0 amide bonds. The maximum Gasteiger partial charge on any atom is 0.338 e. The van der Waals surface area contributed by atoms with Crippen LogP contribution in [0.2, 0.25) is 0 Å². The second-order valence-corrected chi connectivity index (χ2v) is 10.3. The summed E-state index contributed by atoms with van der Waals surface area (Å²) in [5, 5.41) is 1.82. The number of nitrogens with zero attached hydrogens (tertiary/aromatic N) is 1. The maximum absolute atomic E-state index is 14.5. The van der Waals surface area contributed by atoms with Crippen LogP contribution in [0.25, 0.3) is 0 Å². The molecule has 0 radical (unpaired) electrons. The number of halogens is 1. The molecular formula is C30H27FN2O6S. The highest BCUT2D eigenvalue weighted by molar-refractivity contribution is 7.10. The van der Waals surface area contributed by atoms with Gasteiger partial charge in [0.05, 0.1) is 38.5 Å². The monoisotopic (exact) mass is 562 g/mol. The first kappa shape index (κ1) is 27.1. The number of nitrogens with two attached hydrogens (primary N) is 1. The van der Waals surface area contributed by atoms with Gasteiger partial charge in [-0.2, -0.15) is 0 Å². The predicted octanol–water partition coefficient (Wildman–Crippen LogP) is 4.64. The zero-order valence-corrected chi connectivity index (χ0v) is 22.9. The van der Waals surface area contributed by atoms with Crippen molar-refractivity contribution in [1.29, 1.82) is 0 Å². The minimum absolute atomic E-state index is 0.0207. The van der Waals surface area contributed by atoms with E-state index < -0.39 is 41.3 Å². The lowest BCUT2D eigenvalue weighted by Gasteiger charge is -2.43. The van der Waals surface area contributed by atoms with Crippen LogP contribution in [-0.2, 0) is 23.9 Å². The molecule has 3 aromatic rings. The number of rotatable bonds is 6. The Kier molecular flexibility index (Phi) is 7.44. The first-order valence-electron chi connectivity index (χ1n) is 12.5. The molecule has 0 spiro atoms. The van der Waals surface area contributed by atoms with E-state index in [1.165, 1.54) is 48.7 Å². The Labute approximate surface area is 234 Å². The third-order valence-electron chi connectivity index (χ3n) is 7.34. The topological polar surface area (TPSA) is 108 Å². The van der Waals surface area contributed by atoms with Crippen molar-refractivity contribution < 1.29 is 33.0 Å². The van der Waals surface area contributed by atoms with Gasteiger partial charge in [-0.25, -0.2) is 9.18 Å². The van der Waals surface area contributed by atoms with Crippen LogP contribution < -0.4 is 15.4 Å². The van der Waals surface area contributed by atoms with Crippen LogP contribution in [-0.4, -0.2) is 39.1 Å². The number of benzene rings is 2. The quantitative estimate of drug-likeness (QED) is 0.342. The van der Waals surface area contributed by atoms with Gasteiger partial charge in [0.15, 0.2) is 5.78 Å². The maximum atomic E-state index is 14.5. The van der Waals surface area contributed by atoms with Gasteiger partial charge in [0.2, 0.25) is 0 Å². The van der Waals surface area contributed by atoms with Gasteiger partial charge in [0.25, 0.3) is 0 Å². The smallest absolute Gasteiger partial charge is 0.338 e. The molecule has 3 atom stereocenters. The number of methoxy groups -OCH3 is 3. The van der Waals surface area contributed by atoms with Crippen LogP contribution >= 0.6 is 11.3 Å². The van der Waals surface area contributed by atoms with Gasteiger partial charge < -0.3 is 19.9 Å². The summed E-state index contributed by atoms with van der Waals surface area (Å²) in [6.07, 6.45) is 0.181. The Hall–Kier alpha value is -4.44. The summed E-state index contributed by atoms with van der Waals surface area (Å²) in [6.45, 7) is 0. The number of esters is 2. The van der Waals surface area contributed by atoms with Gasteiger partial charge >= 0.3 is 11.9 Å². The molecule has 2 N–H and O–H groups in total. The van der Waals surface area contributed by atoms with Gasteiger partial charge in [-0.05, 0) is 53.8 Å². The van der Waals surface area contributed by atoms with E-state index in [2.05, 4.69) is 0 Å². The number of thiophene rings is 1. The van der Waals surface area contributed by atoms with Gasteiger partial charge in [-0.1, -0.05) is 24.3 Å². The average Bonchev–Trinajstić information content (AvgIpc) is 3.50. The number of ketones is 1. The van der Waals surface area contributed by atoms with Crippen molar-refractivity contribution in [3.05, 3.63) is 105 Å². The average molecular weight is 563 g/mol. The van der Waals surface area contributed by atoms with Crippen molar-refractivity contribution in [2.75, 3.05) is 26.2 Å². The molecule has 2 heterocycles. The van der Waals surface area contributed by atoms with Gasteiger partial charge in [0.1, 0.15) is 23.3 Å². The molecule has 0 saturated carbocycles. The van der Waals surface area contributed by atoms with Crippen molar-refractivity contribution >= 4 is 34.7 Å². The molecule has 5 rings (SSSR count). The van der Waals surface area contributed by atoms with E-state index >= 15 is 0 Å². The summed E-state index contributed by atoms with van der Waals surface area (Å²) >= 11 is 1.34. The molecule has 0 unspecified atom stereocenters. The Morgan fingerprint density at radius 1 is 1.02 bits per heavy atom. The first-order chi connectivity index (χ1) is 19.3. The molecule has 40 heavy (non-hydrogen) atoms. The van der Waals surface area contributed by atoms with Crippen LogP contribution in [0.15, 0.2) is 88.7 Å². The number of carbonyl (C=O) groups excluding carboxylic acids is 3. The van der Waals surface area contributed by atoms with Crippen molar-refractivity contribution in [2.24, 2.45) is 11.7 Å². The van der Waals surface area contributed by atoms with Crippen molar-refractivity contribution in [1.82, 2.24) is 0 Å². The van der Waals surface area contributed by atoms with Crippen LogP contribution in [0.1, 0.15) is 28.7 Å². The van der Waals surface area contributed by atoms with Crippen LogP contribution in [0.4, 0.5) is 10.1 Å². The summed E-state index contributed by atoms with van der Waals surface area (Å²) < 4.78 is 30.0. The van der Waals surface area contributed by atoms with Crippen molar-refractivity contribution in [2.45, 2.75) is 18.3 Å². The fourth-order valence-electron chi connectivity index (χ4n) is 5.55. The second kappa shape index (κ2) is 11.0. The van der Waals surface area contributed by atoms with E-state index in [0.717, 1.165) is 0 Å². The highest BCUT2D eigenvalue weighted by Gasteiger charge is 2.51. The Bertz CT molecular complexity index is 1530. The molecule has 0 fully saturated rings. The van der Waals surface area contributed by atoms with E-state index in [4.69, 9.17) is 19.9 Å². The second-order valence-electron chi connectivity index (χ2n) is 9.36. The third-order valence-corrected chi connectivity index (χ3v) is 8.27. The molecule has 1 aliphatic heterocycles. The fourth-order valence-corrected chi connectivity index (χ4v) is 6.39. The normalized spacial score (nSPS) is 20.8. The molecule has 0 saturated heterocycles. The largest absolute Gasteiger partial charge is 0.497 e. The van der Waals surface area contributed by atoms with E-state index in [0.29, 0.717) is 27.6 Å². The van der Waals surface area contributed by atoms with Crippen LogP contribution in [0, 0.1) is 11.7 Å².